The molecule has 1 aliphatic heterocycles. The molecule has 0 radical (unpaired) electrons. The Balaban J connectivity index is 1.72. The van der Waals surface area contributed by atoms with E-state index in [1.165, 1.54) is 0 Å². The summed E-state index contributed by atoms with van der Waals surface area (Å²) in [5, 5.41) is 12.9. The lowest BCUT2D eigenvalue weighted by atomic mass is 9.83. The molecule has 1 aromatic rings. The molecule has 0 aromatic heterocycles. The van der Waals surface area contributed by atoms with Crippen LogP contribution in [0.1, 0.15) is 58.4 Å². The van der Waals surface area contributed by atoms with Crippen molar-refractivity contribution in [1.29, 1.82) is 0 Å². The van der Waals surface area contributed by atoms with Crippen LogP contribution in [0.3, 0.4) is 0 Å². The number of hydrogen-bond donors (Lipinski definition) is 2. The minimum atomic E-state index is -0.956. The maximum Gasteiger partial charge on any atom is 0.326 e. The summed E-state index contributed by atoms with van der Waals surface area (Å²) in [6.07, 6.45) is 4.41. The van der Waals surface area contributed by atoms with Gasteiger partial charge < -0.3 is 14.7 Å². The van der Waals surface area contributed by atoms with Crippen LogP contribution in [-0.2, 0) is 25.5 Å². The van der Waals surface area contributed by atoms with E-state index in [-0.39, 0.29) is 29.9 Å². The van der Waals surface area contributed by atoms with Crippen LogP contribution in [0.4, 0.5) is 0 Å². The van der Waals surface area contributed by atoms with E-state index in [1.54, 1.807) is 18.7 Å². The van der Waals surface area contributed by atoms with Crippen LogP contribution in [0.5, 0.6) is 0 Å². The zero-order chi connectivity index (χ0) is 22.6. The lowest BCUT2D eigenvalue weighted by Crippen LogP contribution is -2.55. The van der Waals surface area contributed by atoms with Crippen LogP contribution in [0, 0.1) is 5.41 Å². The van der Waals surface area contributed by atoms with Crippen molar-refractivity contribution in [3.63, 3.8) is 0 Å². The number of esters is 1. The van der Waals surface area contributed by atoms with Crippen LogP contribution >= 0.6 is 0 Å². The summed E-state index contributed by atoms with van der Waals surface area (Å²) in [5.41, 5.74) is 0.955. The summed E-state index contributed by atoms with van der Waals surface area (Å²) in [5.74, 6) is -1.60. The summed E-state index contributed by atoms with van der Waals surface area (Å²) >= 11 is 0. The van der Waals surface area contributed by atoms with Crippen molar-refractivity contribution in [2.24, 2.45) is 5.41 Å². The van der Waals surface area contributed by atoms with Crippen LogP contribution in [0.15, 0.2) is 30.3 Å². The number of aliphatic carboxylic acids is 1. The van der Waals surface area contributed by atoms with Gasteiger partial charge in [0, 0.05) is 6.04 Å². The number of amides is 1. The molecule has 7 heteroatoms. The molecule has 2 N–H and O–H groups in total. The average molecular weight is 431 g/mol. The molecule has 1 aromatic carbocycles. The van der Waals surface area contributed by atoms with Gasteiger partial charge in [-0.15, -0.1) is 0 Å². The number of nitrogens with one attached hydrogen (secondary N) is 1. The SMILES string of the molecule is CCOC(=O)[C@H](CCc1ccccc1)N[C@@H](C)C(=O)N1[C@H]2CCC[C@@]2(C)C[C@H]1C(=O)O. The number of likely N-dealkylation sites (tertiary alicyclic amines) is 1. The van der Waals surface area contributed by atoms with E-state index in [1.807, 2.05) is 30.3 Å². The molecule has 2 aliphatic rings. The Morgan fingerprint density at radius 2 is 2.00 bits per heavy atom. The van der Waals surface area contributed by atoms with Gasteiger partial charge in [-0.2, -0.15) is 0 Å². The number of benzene rings is 1. The molecule has 0 unspecified atom stereocenters. The second-order valence-corrected chi connectivity index (χ2v) is 9.08. The fourth-order valence-electron chi connectivity index (χ4n) is 5.26. The van der Waals surface area contributed by atoms with Gasteiger partial charge in [0.1, 0.15) is 12.1 Å². The summed E-state index contributed by atoms with van der Waals surface area (Å²) in [7, 11) is 0. The molecule has 1 heterocycles. The highest BCUT2D eigenvalue weighted by molar-refractivity contribution is 5.88. The van der Waals surface area contributed by atoms with Crippen LogP contribution in [-0.4, -0.2) is 58.6 Å². The Morgan fingerprint density at radius 3 is 2.65 bits per heavy atom. The number of nitrogens with zero attached hydrogens (tertiary/aromatic N) is 1. The predicted molar refractivity (Wildman–Crippen MR) is 116 cm³/mol. The van der Waals surface area contributed by atoms with Gasteiger partial charge in [-0.1, -0.05) is 43.7 Å². The molecule has 0 spiro atoms. The smallest absolute Gasteiger partial charge is 0.326 e. The molecule has 7 nitrogen and oxygen atoms in total. The second-order valence-electron chi connectivity index (χ2n) is 9.08. The van der Waals surface area contributed by atoms with E-state index in [0.717, 1.165) is 24.8 Å². The number of rotatable bonds is 9. The molecule has 31 heavy (non-hydrogen) atoms. The predicted octanol–water partition coefficient (Wildman–Crippen LogP) is 2.77. The summed E-state index contributed by atoms with van der Waals surface area (Å²) < 4.78 is 5.22. The van der Waals surface area contributed by atoms with E-state index >= 15 is 0 Å². The van der Waals surface area contributed by atoms with E-state index < -0.39 is 24.1 Å². The first-order valence-electron chi connectivity index (χ1n) is 11.3. The minimum absolute atomic E-state index is 0.0595. The summed E-state index contributed by atoms with van der Waals surface area (Å²) in [6.45, 7) is 5.82. The van der Waals surface area contributed by atoms with Gasteiger partial charge in [0.05, 0.1) is 12.6 Å². The first kappa shape index (κ1) is 23.3. The van der Waals surface area contributed by atoms with Crippen LogP contribution in [0.25, 0.3) is 0 Å². The molecule has 170 valence electrons. The molecular weight excluding hydrogens is 396 g/mol. The molecule has 3 rings (SSSR count). The zero-order valence-electron chi connectivity index (χ0n) is 18.7. The maximum absolute atomic E-state index is 13.4. The topological polar surface area (TPSA) is 95.9 Å². The van der Waals surface area contributed by atoms with Crippen molar-refractivity contribution in [2.45, 2.75) is 83.5 Å². The third kappa shape index (κ3) is 5.09. The standard InChI is InChI=1S/C24H34N2O5/c1-4-31-23(30)18(13-12-17-9-6-5-7-10-17)25-16(2)21(27)26-19(22(28)29)15-24(3)14-8-11-20(24)26/h5-7,9-10,16,18-20,25H,4,8,11-15H2,1-3H3,(H,28,29)/t16-,18-,19-,20-,24-/m0/s1. The van der Waals surface area contributed by atoms with Gasteiger partial charge in [-0.3, -0.25) is 14.9 Å². The highest BCUT2D eigenvalue weighted by atomic mass is 16.5. The molecule has 1 saturated heterocycles. The molecule has 5 atom stereocenters. The number of aryl methyl sites for hydroxylation is 1. The Hall–Kier alpha value is -2.41. The molecule has 1 amide bonds. The fourth-order valence-corrected chi connectivity index (χ4v) is 5.26. The number of carboxylic acids is 1. The van der Waals surface area contributed by atoms with Crippen molar-refractivity contribution in [2.75, 3.05) is 6.61 Å². The van der Waals surface area contributed by atoms with Gasteiger partial charge in [0.2, 0.25) is 5.91 Å². The summed E-state index contributed by atoms with van der Waals surface area (Å²) in [6, 6.07) is 7.65. The Kier molecular flexibility index (Phi) is 7.36. The quantitative estimate of drug-likeness (QED) is 0.585. The number of fused-ring (bicyclic) bond motifs is 1. The highest BCUT2D eigenvalue weighted by Crippen LogP contribution is 2.51. The van der Waals surface area contributed by atoms with E-state index in [4.69, 9.17) is 4.74 Å². The van der Waals surface area contributed by atoms with Crippen LogP contribution in [0.2, 0.25) is 0 Å². The first-order valence-corrected chi connectivity index (χ1v) is 11.3. The maximum atomic E-state index is 13.4. The largest absolute Gasteiger partial charge is 0.480 e. The van der Waals surface area contributed by atoms with E-state index in [9.17, 15) is 19.5 Å². The average Bonchev–Trinajstić information content (AvgIpc) is 3.25. The summed E-state index contributed by atoms with van der Waals surface area (Å²) in [4.78, 5) is 39.4. The number of carboxylic acid groups (broad SMARTS) is 1. The number of carbonyl (C=O) groups excluding carboxylic acids is 2. The van der Waals surface area contributed by atoms with Crippen molar-refractivity contribution in [3.8, 4) is 0 Å². The van der Waals surface area contributed by atoms with E-state index in [0.29, 0.717) is 19.3 Å². The second kappa shape index (κ2) is 9.81. The fraction of sp³-hybridized carbons (Fsp3) is 0.625. The van der Waals surface area contributed by atoms with Gasteiger partial charge >= 0.3 is 11.9 Å². The normalized spacial score (nSPS) is 26.9. The van der Waals surface area contributed by atoms with Crippen molar-refractivity contribution < 1.29 is 24.2 Å². The van der Waals surface area contributed by atoms with Gasteiger partial charge in [0.25, 0.3) is 0 Å². The van der Waals surface area contributed by atoms with Crippen molar-refractivity contribution >= 4 is 17.8 Å². The lowest BCUT2D eigenvalue weighted by molar-refractivity contribution is -0.151. The van der Waals surface area contributed by atoms with Gasteiger partial charge in [-0.25, -0.2) is 4.79 Å². The van der Waals surface area contributed by atoms with Crippen LogP contribution < -0.4 is 5.32 Å². The molecular formula is C24H34N2O5. The molecule has 1 saturated carbocycles. The lowest BCUT2D eigenvalue weighted by Gasteiger charge is -2.33. The Bertz CT molecular complexity index is 798. The minimum Gasteiger partial charge on any atom is -0.480 e. The molecule has 2 fully saturated rings. The number of ether oxygens (including phenoxy) is 1. The number of carbonyl (C=O) groups is 3. The highest BCUT2D eigenvalue weighted by Gasteiger charge is 2.56. The van der Waals surface area contributed by atoms with Crippen molar-refractivity contribution in [3.05, 3.63) is 35.9 Å². The first-order chi connectivity index (χ1) is 14.8. The number of hydrogen-bond acceptors (Lipinski definition) is 5. The Labute approximate surface area is 184 Å². The Morgan fingerprint density at radius 1 is 1.29 bits per heavy atom. The van der Waals surface area contributed by atoms with E-state index in [2.05, 4.69) is 12.2 Å². The third-order valence-electron chi connectivity index (χ3n) is 6.86. The molecule has 1 aliphatic carbocycles. The van der Waals surface area contributed by atoms with Gasteiger partial charge in [0.15, 0.2) is 0 Å². The third-order valence-corrected chi connectivity index (χ3v) is 6.86. The van der Waals surface area contributed by atoms with Gasteiger partial charge in [-0.05, 0) is 56.9 Å². The monoisotopic (exact) mass is 430 g/mol. The van der Waals surface area contributed by atoms with Crippen molar-refractivity contribution in [1.82, 2.24) is 10.2 Å². The molecule has 0 bridgehead atoms. The zero-order valence-corrected chi connectivity index (χ0v) is 18.7.